The number of hydrogen-bond donors (Lipinski definition) is 2. The van der Waals surface area contributed by atoms with Gasteiger partial charge in [0.15, 0.2) is 0 Å². The molecule has 1 atom stereocenters. The summed E-state index contributed by atoms with van der Waals surface area (Å²) in [7, 11) is 0. The molecule has 3 fully saturated rings. The minimum Gasteiger partial charge on any atom is -0.393 e. The third-order valence-electron chi connectivity index (χ3n) is 7.27. The number of rotatable bonds is 4. The SMILES string of the molecule is [C-]#[N+]c1cc(NC(=O)CC)ccc1N1CCC[C@]2(CCN([C@H]3CC[C@H](O)CC3)C2=O)C1. The number of carbonyl (C=O) groups is 2. The van der Waals surface area contributed by atoms with E-state index in [1.54, 1.807) is 13.0 Å². The largest absolute Gasteiger partial charge is 0.393 e. The number of benzene rings is 1. The van der Waals surface area contributed by atoms with Crippen LogP contribution in [0.3, 0.4) is 0 Å². The number of nitrogens with one attached hydrogen (secondary N) is 1. The Morgan fingerprint density at radius 1 is 1.26 bits per heavy atom. The summed E-state index contributed by atoms with van der Waals surface area (Å²) in [6.07, 6.45) is 6.19. The van der Waals surface area contributed by atoms with Gasteiger partial charge < -0.3 is 20.2 Å². The highest BCUT2D eigenvalue weighted by molar-refractivity contribution is 5.92. The van der Waals surface area contributed by atoms with Gasteiger partial charge in [0.05, 0.1) is 18.1 Å². The lowest BCUT2D eigenvalue weighted by Gasteiger charge is -2.42. The molecule has 1 aliphatic carbocycles. The van der Waals surface area contributed by atoms with Crippen LogP contribution in [-0.4, -0.2) is 53.6 Å². The van der Waals surface area contributed by atoms with E-state index in [4.69, 9.17) is 6.57 Å². The first-order valence-electron chi connectivity index (χ1n) is 11.5. The van der Waals surface area contributed by atoms with Crippen molar-refractivity contribution in [3.05, 3.63) is 29.6 Å². The predicted molar refractivity (Wildman–Crippen MR) is 120 cm³/mol. The molecule has 2 aliphatic heterocycles. The van der Waals surface area contributed by atoms with Crippen molar-refractivity contribution in [1.82, 2.24) is 4.90 Å². The fraction of sp³-hybridized carbons (Fsp3) is 0.625. The molecule has 4 rings (SSSR count). The Bertz CT molecular complexity index is 887. The molecule has 2 amide bonds. The van der Waals surface area contributed by atoms with E-state index in [1.807, 2.05) is 12.1 Å². The van der Waals surface area contributed by atoms with Gasteiger partial charge in [0, 0.05) is 43.5 Å². The van der Waals surface area contributed by atoms with Crippen molar-refractivity contribution in [2.75, 3.05) is 29.9 Å². The summed E-state index contributed by atoms with van der Waals surface area (Å²) in [6.45, 7) is 11.7. The average Bonchev–Trinajstić information content (AvgIpc) is 3.09. The molecule has 31 heavy (non-hydrogen) atoms. The third kappa shape index (κ3) is 4.27. The Balaban J connectivity index is 1.50. The van der Waals surface area contributed by atoms with Gasteiger partial charge in [-0.15, -0.1) is 0 Å². The fourth-order valence-electron chi connectivity index (χ4n) is 5.49. The van der Waals surface area contributed by atoms with E-state index in [0.29, 0.717) is 24.3 Å². The van der Waals surface area contributed by atoms with E-state index in [0.717, 1.165) is 63.7 Å². The van der Waals surface area contributed by atoms with E-state index in [1.165, 1.54) is 0 Å². The molecule has 2 N–H and O–H groups in total. The number of aliphatic hydroxyl groups excluding tert-OH is 1. The molecule has 1 aromatic carbocycles. The maximum Gasteiger partial charge on any atom is 0.230 e. The Kier molecular flexibility index (Phi) is 6.19. The first-order chi connectivity index (χ1) is 15.0. The topological polar surface area (TPSA) is 77.2 Å². The molecule has 1 saturated carbocycles. The van der Waals surface area contributed by atoms with E-state index in [-0.39, 0.29) is 29.4 Å². The minimum absolute atomic E-state index is 0.0764. The first-order valence-corrected chi connectivity index (χ1v) is 11.5. The maximum absolute atomic E-state index is 13.5. The predicted octanol–water partition coefficient (Wildman–Crippen LogP) is 3.71. The van der Waals surface area contributed by atoms with Crippen molar-refractivity contribution in [2.24, 2.45) is 5.41 Å². The summed E-state index contributed by atoms with van der Waals surface area (Å²) in [6, 6.07) is 5.73. The van der Waals surface area contributed by atoms with Gasteiger partial charge in [0.2, 0.25) is 17.5 Å². The van der Waals surface area contributed by atoms with E-state index in [9.17, 15) is 14.7 Å². The highest BCUT2D eigenvalue weighted by atomic mass is 16.3. The molecule has 166 valence electrons. The number of likely N-dealkylation sites (tertiary alicyclic amines) is 1. The summed E-state index contributed by atoms with van der Waals surface area (Å²) in [5.74, 6) is 0.183. The fourth-order valence-corrected chi connectivity index (χ4v) is 5.49. The highest BCUT2D eigenvalue weighted by Crippen LogP contribution is 2.45. The second-order valence-electron chi connectivity index (χ2n) is 9.23. The molecule has 0 radical (unpaired) electrons. The first kappa shape index (κ1) is 21.6. The number of hydrogen-bond acceptors (Lipinski definition) is 4. The van der Waals surface area contributed by atoms with Crippen LogP contribution in [0, 0.1) is 12.0 Å². The van der Waals surface area contributed by atoms with Crippen LogP contribution in [0.2, 0.25) is 0 Å². The Morgan fingerprint density at radius 3 is 2.74 bits per heavy atom. The Labute approximate surface area is 184 Å². The molecule has 7 nitrogen and oxygen atoms in total. The number of aliphatic hydroxyl groups is 1. The van der Waals surface area contributed by atoms with E-state index < -0.39 is 0 Å². The number of amides is 2. The molecular formula is C24H32N4O3. The molecule has 0 aromatic heterocycles. The average molecular weight is 425 g/mol. The number of carbonyl (C=O) groups excluding carboxylic acids is 2. The molecule has 7 heteroatoms. The Morgan fingerprint density at radius 2 is 2.03 bits per heavy atom. The normalized spacial score (nSPS) is 28.6. The lowest BCUT2D eigenvalue weighted by Crippen LogP contribution is -2.50. The van der Waals surface area contributed by atoms with E-state index in [2.05, 4.69) is 20.0 Å². The zero-order valence-electron chi connectivity index (χ0n) is 18.3. The maximum atomic E-state index is 13.5. The van der Waals surface area contributed by atoms with Gasteiger partial charge in [-0.25, -0.2) is 4.85 Å². The molecule has 0 bridgehead atoms. The number of nitrogens with zero attached hydrogens (tertiary/aromatic N) is 3. The summed E-state index contributed by atoms with van der Waals surface area (Å²) < 4.78 is 0. The van der Waals surface area contributed by atoms with Gasteiger partial charge >= 0.3 is 0 Å². The van der Waals surface area contributed by atoms with Crippen LogP contribution < -0.4 is 10.2 Å². The van der Waals surface area contributed by atoms with Gasteiger partial charge in [-0.05, 0) is 63.1 Å². The van der Waals surface area contributed by atoms with Crippen LogP contribution in [-0.2, 0) is 9.59 Å². The summed E-state index contributed by atoms with van der Waals surface area (Å²) in [5, 5.41) is 12.6. The zero-order valence-corrected chi connectivity index (χ0v) is 18.3. The summed E-state index contributed by atoms with van der Waals surface area (Å²) >= 11 is 0. The quantitative estimate of drug-likeness (QED) is 0.723. The second-order valence-corrected chi connectivity index (χ2v) is 9.23. The van der Waals surface area contributed by atoms with Gasteiger partial charge in [-0.1, -0.05) is 6.92 Å². The minimum atomic E-state index is -0.372. The molecular weight excluding hydrogens is 392 g/mol. The van der Waals surface area contributed by atoms with Crippen molar-refractivity contribution in [2.45, 2.75) is 70.4 Å². The summed E-state index contributed by atoms with van der Waals surface area (Å²) in [5.41, 5.74) is 1.61. The van der Waals surface area contributed by atoms with Crippen molar-refractivity contribution >= 4 is 28.9 Å². The molecule has 2 heterocycles. The van der Waals surface area contributed by atoms with Gasteiger partial charge in [-0.3, -0.25) is 9.59 Å². The number of piperidine rings is 1. The standard InChI is InChI=1S/C24H32N4O3/c1-3-22(30)26-17-5-10-21(20(15-17)25-2)27-13-4-11-24(16-27)12-14-28(23(24)31)18-6-8-19(29)9-7-18/h5,10,15,18-19,29H,3-4,6-9,11-14,16H2,1H3,(H,26,30)/t18-,19-,24-/m0/s1. The van der Waals surface area contributed by atoms with Crippen LogP contribution in [0.4, 0.5) is 17.1 Å². The molecule has 1 aromatic rings. The smallest absolute Gasteiger partial charge is 0.230 e. The molecule has 0 unspecified atom stereocenters. The van der Waals surface area contributed by atoms with Crippen molar-refractivity contribution in [3.63, 3.8) is 0 Å². The van der Waals surface area contributed by atoms with Gasteiger partial charge in [0.25, 0.3) is 0 Å². The van der Waals surface area contributed by atoms with Gasteiger partial charge in [-0.2, -0.15) is 0 Å². The van der Waals surface area contributed by atoms with Crippen LogP contribution in [0.5, 0.6) is 0 Å². The van der Waals surface area contributed by atoms with Crippen molar-refractivity contribution in [3.8, 4) is 0 Å². The van der Waals surface area contributed by atoms with Crippen LogP contribution in [0.15, 0.2) is 18.2 Å². The highest BCUT2D eigenvalue weighted by Gasteiger charge is 2.50. The van der Waals surface area contributed by atoms with Crippen molar-refractivity contribution < 1.29 is 14.7 Å². The van der Waals surface area contributed by atoms with Gasteiger partial charge in [0.1, 0.15) is 0 Å². The van der Waals surface area contributed by atoms with E-state index >= 15 is 0 Å². The van der Waals surface area contributed by atoms with Crippen LogP contribution in [0.1, 0.15) is 58.3 Å². The summed E-state index contributed by atoms with van der Waals surface area (Å²) in [4.78, 5) is 33.2. The van der Waals surface area contributed by atoms with Crippen molar-refractivity contribution in [1.29, 1.82) is 0 Å². The third-order valence-corrected chi connectivity index (χ3v) is 7.27. The lowest BCUT2D eigenvalue weighted by molar-refractivity contribution is -0.139. The number of anilines is 2. The van der Waals surface area contributed by atoms with Crippen LogP contribution in [0.25, 0.3) is 4.85 Å². The Hall–Kier alpha value is -2.59. The monoisotopic (exact) mass is 424 g/mol. The molecule has 1 spiro atoms. The molecule has 3 aliphatic rings. The molecule has 2 saturated heterocycles. The second kappa shape index (κ2) is 8.88. The zero-order chi connectivity index (χ0) is 22.0. The lowest BCUT2D eigenvalue weighted by atomic mass is 9.78. The van der Waals surface area contributed by atoms with Crippen LogP contribution >= 0.6 is 0 Å².